The van der Waals surface area contributed by atoms with Gasteiger partial charge in [0.25, 0.3) is 0 Å². The number of para-hydroxylation sites is 2. The summed E-state index contributed by atoms with van der Waals surface area (Å²) < 4.78 is 6.65. The molecule has 0 saturated heterocycles. The van der Waals surface area contributed by atoms with Crippen LogP contribution in [0.2, 0.25) is 0 Å². The fourth-order valence-electron chi connectivity index (χ4n) is 9.19. The Morgan fingerprint density at radius 3 is 1.50 bits per heavy atom. The molecule has 0 fully saturated rings. The van der Waals surface area contributed by atoms with Crippen molar-refractivity contribution in [2.45, 2.75) is 5.41 Å². The van der Waals surface area contributed by atoms with E-state index in [0.29, 0.717) is 5.82 Å². The Morgan fingerprint density at radius 1 is 0.397 bits per heavy atom. The highest BCUT2D eigenvalue weighted by Crippen LogP contribution is 2.64. The fraction of sp³-hybridized carbons (Fsp3) is 0.0182. The predicted octanol–water partition coefficient (Wildman–Crippen LogP) is 13.3. The van der Waals surface area contributed by atoms with Gasteiger partial charge in [-0.2, -0.15) is 0 Å². The van der Waals surface area contributed by atoms with Gasteiger partial charge in [-0.05, 0) is 68.8 Å². The first-order valence-electron chi connectivity index (χ1n) is 19.5. The highest BCUT2D eigenvalue weighted by Gasteiger charge is 2.52. The monoisotopic (exact) mass is 738 g/mol. The summed E-state index contributed by atoms with van der Waals surface area (Å²) in [4.78, 5) is 10.1. The van der Waals surface area contributed by atoms with Crippen molar-refractivity contribution in [1.82, 2.24) is 9.97 Å². The fourth-order valence-corrected chi connectivity index (χ4v) is 9.19. The van der Waals surface area contributed by atoms with E-state index in [2.05, 4.69) is 158 Å². The molecular weight excluding hydrogens is 705 g/mol. The van der Waals surface area contributed by atoms with Gasteiger partial charge in [-0.3, -0.25) is 0 Å². The molecule has 9 aromatic rings. The molecule has 270 valence electrons. The van der Waals surface area contributed by atoms with Crippen LogP contribution >= 0.6 is 0 Å². The SMILES string of the molecule is C#Cc1ccccc1-c1cccc2c1-c1c(-c3ccc(-c4cc(-c5ccccc5)nc(-c5ccccc5)n4)cc3)cccc1C21c2ccccc2Oc2ccccc21. The summed E-state index contributed by atoms with van der Waals surface area (Å²) in [5, 5.41) is 0. The molecule has 0 bridgehead atoms. The number of fused-ring (bicyclic) bond motifs is 9. The van der Waals surface area contributed by atoms with Gasteiger partial charge in [0.1, 0.15) is 11.5 Å². The van der Waals surface area contributed by atoms with Crippen LogP contribution in [0, 0.1) is 12.3 Å². The van der Waals surface area contributed by atoms with Gasteiger partial charge >= 0.3 is 0 Å². The van der Waals surface area contributed by atoms with Crippen LogP contribution in [0.15, 0.2) is 200 Å². The number of hydrogen-bond donors (Lipinski definition) is 0. The van der Waals surface area contributed by atoms with E-state index in [-0.39, 0.29) is 0 Å². The standard InChI is InChI=1S/C55H34N2O/c1-2-36-17-9-10-22-41(36)43-24-16-28-47-53(43)52-42(23-15-27-46(52)55(47)44-25-11-13-29-50(44)58-51-30-14-12-26-45(51)55)37-31-33-39(34-32-37)49-35-48(38-18-5-3-6-19-38)56-54(57-49)40-20-7-4-8-21-40/h1,3-35H. The summed E-state index contributed by atoms with van der Waals surface area (Å²) in [7, 11) is 0. The molecule has 0 saturated carbocycles. The van der Waals surface area contributed by atoms with E-state index in [1.54, 1.807) is 0 Å². The third kappa shape index (κ3) is 5.09. The molecular formula is C55H34N2O. The molecule has 3 heteroatoms. The molecule has 1 aliphatic carbocycles. The molecule has 0 radical (unpaired) electrons. The maximum atomic E-state index is 6.65. The molecule has 1 spiro atoms. The second-order valence-corrected chi connectivity index (χ2v) is 14.8. The van der Waals surface area contributed by atoms with E-state index in [4.69, 9.17) is 21.1 Å². The molecule has 0 unspecified atom stereocenters. The topological polar surface area (TPSA) is 35.0 Å². The Labute approximate surface area is 338 Å². The summed E-state index contributed by atoms with van der Waals surface area (Å²) in [6, 6.07) is 70.1. The minimum Gasteiger partial charge on any atom is -0.457 e. The summed E-state index contributed by atoms with van der Waals surface area (Å²) in [6.45, 7) is 0. The minimum atomic E-state index is -0.629. The van der Waals surface area contributed by atoms with Gasteiger partial charge in [-0.15, -0.1) is 6.42 Å². The van der Waals surface area contributed by atoms with E-state index in [1.165, 1.54) is 22.3 Å². The van der Waals surface area contributed by atoms with Gasteiger partial charge in [-0.1, -0.05) is 182 Å². The number of terminal acetylenes is 1. The second-order valence-electron chi connectivity index (χ2n) is 14.8. The zero-order valence-corrected chi connectivity index (χ0v) is 31.4. The maximum Gasteiger partial charge on any atom is 0.160 e. The van der Waals surface area contributed by atoms with Crippen LogP contribution in [0.4, 0.5) is 0 Å². The second kappa shape index (κ2) is 13.4. The Balaban J connectivity index is 1.14. The smallest absolute Gasteiger partial charge is 0.160 e. The van der Waals surface area contributed by atoms with Crippen LogP contribution in [0.25, 0.3) is 67.3 Å². The summed E-state index contributed by atoms with van der Waals surface area (Å²) in [6.07, 6.45) is 6.18. The van der Waals surface area contributed by atoms with Crippen molar-refractivity contribution in [3.05, 3.63) is 228 Å². The lowest BCUT2D eigenvalue weighted by atomic mass is 9.66. The van der Waals surface area contributed by atoms with Crippen molar-refractivity contribution in [2.75, 3.05) is 0 Å². The van der Waals surface area contributed by atoms with Gasteiger partial charge in [-0.25, -0.2) is 9.97 Å². The van der Waals surface area contributed by atoms with Gasteiger partial charge in [0, 0.05) is 33.4 Å². The molecule has 1 aromatic heterocycles. The first-order chi connectivity index (χ1) is 28.7. The molecule has 11 rings (SSSR count). The number of nitrogens with zero attached hydrogens (tertiary/aromatic N) is 2. The zero-order chi connectivity index (χ0) is 38.6. The highest BCUT2D eigenvalue weighted by atomic mass is 16.5. The third-order valence-corrected chi connectivity index (χ3v) is 11.7. The van der Waals surface area contributed by atoms with Crippen LogP contribution in [-0.4, -0.2) is 9.97 Å². The highest BCUT2D eigenvalue weighted by molar-refractivity contribution is 6.03. The predicted molar refractivity (Wildman–Crippen MR) is 235 cm³/mol. The summed E-state index contributed by atoms with van der Waals surface area (Å²) in [5.41, 5.74) is 16.5. The lowest BCUT2D eigenvalue weighted by molar-refractivity contribution is 0.436. The van der Waals surface area contributed by atoms with E-state index in [1.807, 2.05) is 48.5 Å². The molecule has 3 nitrogen and oxygen atoms in total. The van der Waals surface area contributed by atoms with Gasteiger partial charge < -0.3 is 4.74 Å². The molecule has 0 atom stereocenters. The lowest BCUT2D eigenvalue weighted by Gasteiger charge is -2.39. The van der Waals surface area contributed by atoms with E-state index >= 15 is 0 Å². The molecule has 8 aromatic carbocycles. The van der Waals surface area contributed by atoms with Crippen molar-refractivity contribution in [3.63, 3.8) is 0 Å². The lowest BCUT2D eigenvalue weighted by Crippen LogP contribution is -2.32. The normalized spacial score (nSPS) is 12.7. The molecule has 0 amide bonds. The Morgan fingerprint density at radius 2 is 0.862 bits per heavy atom. The summed E-state index contributed by atoms with van der Waals surface area (Å²) >= 11 is 0. The van der Waals surface area contributed by atoms with Gasteiger partial charge in [0.2, 0.25) is 0 Å². The van der Waals surface area contributed by atoms with Crippen molar-refractivity contribution in [3.8, 4) is 91.1 Å². The van der Waals surface area contributed by atoms with Gasteiger partial charge in [0.05, 0.1) is 16.8 Å². The van der Waals surface area contributed by atoms with Crippen LogP contribution in [-0.2, 0) is 5.41 Å². The molecule has 2 heterocycles. The van der Waals surface area contributed by atoms with Crippen LogP contribution in [0.5, 0.6) is 11.5 Å². The van der Waals surface area contributed by atoms with Crippen LogP contribution in [0.1, 0.15) is 27.8 Å². The number of hydrogen-bond acceptors (Lipinski definition) is 3. The molecule has 1 aliphatic heterocycles. The average molecular weight is 739 g/mol. The number of aromatic nitrogens is 2. The zero-order valence-electron chi connectivity index (χ0n) is 31.4. The first kappa shape index (κ1) is 33.5. The van der Waals surface area contributed by atoms with E-state index in [0.717, 1.165) is 78.5 Å². The largest absolute Gasteiger partial charge is 0.457 e. The number of ether oxygens (including phenoxy) is 1. The van der Waals surface area contributed by atoms with Crippen LogP contribution < -0.4 is 4.74 Å². The third-order valence-electron chi connectivity index (χ3n) is 11.7. The minimum absolute atomic E-state index is 0.629. The van der Waals surface area contributed by atoms with Gasteiger partial charge in [0.15, 0.2) is 5.82 Å². The maximum absolute atomic E-state index is 6.65. The quantitative estimate of drug-likeness (QED) is 0.165. The Hall–Kier alpha value is -7.80. The van der Waals surface area contributed by atoms with Crippen molar-refractivity contribution >= 4 is 0 Å². The molecule has 2 aliphatic rings. The summed E-state index contributed by atoms with van der Waals surface area (Å²) in [5.74, 6) is 5.39. The van der Waals surface area contributed by atoms with E-state index in [9.17, 15) is 0 Å². The van der Waals surface area contributed by atoms with Crippen molar-refractivity contribution in [1.29, 1.82) is 0 Å². The van der Waals surface area contributed by atoms with Crippen molar-refractivity contribution < 1.29 is 4.74 Å². The molecule has 0 N–H and O–H groups in total. The number of rotatable bonds is 5. The Bertz CT molecular complexity index is 2980. The number of benzene rings is 8. The molecule has 58 heavy (non-hydrogen) atoms. The van der Waals surface area contributed by atoms with E-state index < -0.39 is 5.41 Å². The first-order valence-corrected chi connectivity index (χ1v) is 19.5. The Kier molecular flexibility index (Phi) is 7.77. The van der Waals surface area contributed by atoms with Crippen molar-refractivity contribution in [2.24, 2.45) is 0 Å². The van der Waals surface area contributed by atoms with Crippen LogP contribution in [0.3, 0.4) is 0 Å². The average Bonchev–Trinajstić information content (AvgIpc) is 3.60.